The Hall–Kier alpha value is -4.03. The van der Waals surface area contributed by atoms with Crippen LogP contribution < -0.4 is 10.6 Å². The molecule has 0 spiro atoms. The van der Waals surface area contributed by atoms with E-state index in [4.69, 9.17) is 6.57 Å². The quantitative estimate of drug-likeness (QED) is 0.341. The lowest BCUT2D eigenvalue weighted by molar-refractivity contribution is -0.140. The highest BCUT2D eigenvalue weighted by Crippen LogP contribution is 2.37. The molecule has 3 aromatic rings. The van der Waals surface area contributed by atoms with Crippen LogP contribution in [0.4, 0.5) is 24.8 Å². The summed E-state index contributed by atoms with van der Waals surface area (Å²) in [6.07, 6.45) is -1.63. The van der Waals surface area contributed by atoms with Crippen molar-refractivity contribution in [2.24, 2.45) is 7.05 Å². The molecule has 252 valence electrons. The topological polar surface area (TPSA) is 113 Å². The summed E-state index contributed by atoms with van der Waals surface area (Å²) < 4.78 is 66.2. The number of aryl methyl sites for hydroxylation is 1. The molecule has 0 N–H and O–H groups in total. The van der Waals surface area contributed by atoms with Crippen molar-refractivity contribution in [3.05, 3.63) is 69.4 Å². The van der Waals surface area contributed by atoms with Crippen molar-refractivity contribution in [2.75, 3.05) is 37.3 Å². The molecule has 3 atom stereocenters. The van der Waals surface area contributed by atoms with E-state index >= 15 is 0 Å². The average Bonchev–Trinajstić information content (AvgIpc) is 3.05. The molecule has 4 heterocycles. The van der Waals surface area contributed by atoms with Gasteiger partial charge in [0.05, 0.1) is 16.3 Å². The zero-order valence-corrected chi connectivity index (χ0v) is 27.6. The first-order chi connectivity index (χ1) is 22.2. The lowest BCUT2D eigenvalue weighted by Gasteiger charge is -2.50. The smallest absolute Gasteiger partial charge is 0.361 e. The van der Waals surface area contributed by atoms with Gasteiger partial charge in [0, 0.05) is 51.6 Å². The largest absolute Gasteiger partial charge is 0.416 e. The highest BCUT2D eigenvalue weighted by Gasteiger charge is 2.43. The number of halogens is 3. The molecule has 2 aromatic heterocycles. The molecular weight excluding hydrogens is 635 g/mol. The average molecular weight is 674 g/mol. The van der Waals surface area contributed by atoms with E-state index in [0.717, 1.165) is 12.1 Å². The molecule has 11 nitrogen and oxygen atoms in total. The molecule has 2 fully saturated rings. The number of benzene rings is 1. The molecule has 0 aliphatic carbocycles. The fourth-order valence-electron chi connectivity index (χ4n) is 6.73. The van der Waals surface area contributed by atoms with Gasteiger partial charge in [-0.05, 0) is 55.5 Å². The maximum absolute atomic E-state index is 14.4. The van der Waals surface area contributed by atoms with Crippen LogP contribution in [0.15, 0.2) is 41.2 Å². The predicted octanol–water partition coefficient (Wildman–Crippen LogP) is 4.35. The number of amides is 1. The Morgan fingerprint density at radius 1 is 1.02 bits per heavy atom. The van der Waals surface area contributed by atoms with Crippen LogP contribution in [0, 0.1) is 6.57 Å². The van der Waals surface area contributed by atoms with Gasteiger partial charge in [-0.2, -0.15) is 18.2 Å². The van der Waals surface area contributed by atoms with E-state index in [1.165, 1.54) is 23.0 Å². The van der Waals surface area contributed by atoms with Crippen molar-refractivity contribution in [3.63, 3.8) is 0 Å². The molecule has 1 aromatic carbocycles. The second-order valence-corrected chi connectivity index (χ2v) is 14.6. The second-order valence-electron chi connectivity index (χ2n) is 12.3. The summed E-state index contributed by atoms with van der Waals surface area (Å²) in [5.74, 6) is 0.211. The van der Waals surface area contributed by atoms with E-state index in [2.05, 4.69) is 14.8 Å². The van der Waals surface area contributed by atoms with Crippen molar-refractivity contribution in [1.82, 2.24) is 24.3 Å². The van der Waals surface area contributed by atoms with Crippen molar-refractivity contribution < 1.29 is 26.4 Å². The Bertz CT molecular complexity index is 1850. The maximum atomic E-state index is 14.4. The minimum atomic E-state index is -4.54. The van der Waals surface area contributed by atoms with Gasteiger partial charge < -0.3 is 14.6 Å². The lowest BCUT2D eigenvalue weighted by atomic mass is 9.94. The molecule has 1 amide bonds. The van der Waals surface area contributed by atoms with E-state index < -0.39 is 38.6 Å². The number of carbonyl (C=O) groups excluding carboxylic acids is 1. The standard InChI is InChI=1S/C32H38F3N7O4S/c1-6-22-19-42(29-27-25(39(4)31(44)38-29)12-13-26(36-3)37-27)23(7-2)18-41(22)28(20-8-10-21(11-9-20)32(33,34)35)30(43)40-16-14-24(15-17-40)47(5,45)46/h8-13,22-24,28H,6-7,14-19H2,1-2,4-5H3/t22-,23+,28?/m1/s1. The SMILES string of the molecule is [C-]#[N+]c1ccc2c(n1)c(N1C[C@@H](CC)N(C(C(=O)N3CCC(S(C)(=O)=O)CC3)c3ccc(C(F)(F)F)cc3)C[C@@H]1CC)nc(=O)n2C. The van der Waals surface area contributed by atoms with Crippen LogP contribution in [-0.2, 0) is 27.9 Å². The van der Waals surface area contributed by atoms with E-state index in [1.54, 1.807) is 24.1 Å². The molecule has 5 rings (SSSR count). The summed E-state index contributed by atoms with van der Waals surface area (Å²) in [4.78, 5) is 45.3. The fraction of sp³-hybridized carbons (Fsp3) is 0.531. The van der Waals surface area contributed by atoms with Crippen molar-refractivity contribution >= 4 is 38.4 Å². The molecule has 0 saturated carbocycles. The summed E-state index contributed by atoms with van der Waals surface area (Å²) in [5.41, 5.74) is 0.0418. The molecular formula is C32H38F3N7O4S. The van der Waals surface area contributed by atoms with Crippen LogP contribution in [0.1, 0.15) is 56.7 Å². The monoisotopic (exact) mass is 673 g/mol. The van der Waals surface area contributed by atoms with Crippen LogP contribution in [-0.4, -0.2) is 88.4 Å². The van der Waals surface area contributed by atoms with Crippen LogP contribution in [0.5, 0.6) is 0 Å². The van der Waals surface area contributed by atoms with Gasteiger partial charge >= 0.3 is 11.9 Å². The Labute approximate surface area is 271 Å². The number of hydrogen-bond acceptors (Lipinski definition) is 8. The highest BCUT2D eigenvalue weighted by atomic mass is 32.2. The van der Waals surface area contributed by atoms with Crippen molar-refractivity contribution in [2.45, 2.75) is 69.1 Å². The molecule has 1 unspecified atom stereocenters. The van der Waals surface area contributed by atoms with Gasteiger partial charge in [-0.15, -0.1) is 4.98 Å². The minimum Gasteiger partial charge on any atom is -0.361 e. The highest BCUT2D eigenvalue weighted by molar-refractivity contribution is 7.91. The Morgan fingerprint density at radius 2 is 1.66 bits per heavy atom. The number of piperidine rings is 1. The Balaban J connectivity index is 1.55. The zero-order valence-electron chi connectivity index (χ0n) is 26.7. The van der Waals surface area contributed by atoms with Gasteiger partial charge in [-0.1, -0.05) is 32.6 Å². The normalized spacial score (nSPS) is 20.7. The number of pyridine rings is 1. The molecule has 2 aliphatic heterocycles. The van der Waals surface area contributed by atoms with Crippen LogP contribution in [0.3, 0.4) is 0 Å². The molecule has 2 aliphatic rings. The number of piperazine rings is 1. The van der Waals surface area contributed by atoms with Gasteiger partial charge in [-0.25, -0.2) is 13.2 Å². The van der Waals surface area contributed by atoms with Gasteiger partial charge in [-0.3, -0.25) is 14.3 Å². The summed E-state index contributed by atoms with van der Waals surface area (Å²) in [6.45, 7) is 12.5. The van der Waals surface area contributed by atoms with Crippen LogP contribution in [0.2, 0.25) is 0 Å². The van der Waals surface area contributed by atoms with Gasteiger partial charge in [0.1, 0.15) is 15.9 Å². The maximum Gasteiger partial charge on any atom is 0.416 e. The first-order valence-corrected chi connectivity index (χ1v) is 17.6. The zero-order chi connectivity index (χ0) is 34.3. The summed E-state index contributed by atoms with van der Waals surface area (Å²) in [5, 5.41) is -0.551. The number of alkyl halides is 3. The molecule has 0 bridgehead atoms. The number of carbonyl (C=O) groups is 1. The number of anilines is 1. The number of rotatable bonds is 7. The van der Waals surface area contributed by atoms with E-state index in [0.29, 0.717) is 48.3 Å². The van der Waals surface area contributed by atoms with Gasteiger partial charge in [0.15, 0.2) is 5.82 Å². The third-order valence-corrected chi connectivity index (χ3v) is 11.1. The van der Waals surface area contributed by atoms with E-state index in [1.807, 2.05) is 23.6 Å². The first kappa shape index (κ1) is 34.3. The van der Waals surface area contributed by atoms with Crippen LogP contribution in [0.25, 0.3) is 15.9 Å². The fourth-order valence-corrected chi connectivity index (χ4v) is 7.80. The van der Waals surface area contributed by atoms with E-state index in [9.17, 15) is 31.2 Å². The van der Waals surface area contributed by atoms with Gasteiger partial charge in [0.25, 0.3) is 5.82 Å². The number of hydrogen-bond donors (Lipinski definition) is 0. The Kier molecular flexibility index (Phi) is 9.66. The minimum absolute atomic E-state index is 0.158. The molecule has 47 heavy (non-hydrogen) atoms. The Morgan fingerprint density at radius 3 is 2.21 bits per heavy atom. The van der Waals surface area contributed by atoms with Crippen molar-refractivity contribution in [3.8, 4) is 0 Å². The number of sulfone groups is 1. The summed E-state index contributed by atoms with van der Waals surface area (Å²) in [6, 6.07) is 6.40. The van der Waals surface area contributed by atoms with Crippen molar-refractivity contribution in [1.29, 1.82) is 0 Å². The number of aromatic nitrogens is 3. The molecule has 15 heteroatoms. The first-order valence-electron chi connectivity index (χ1n) is 15.6. The number of fused-ring (bicyclic) bond motifs is 1. The second kappa shape index (κ2) is 13.2. The summed E-state index contributed by atoms with van der Waals surface area (Å²) >= 11 is 0. The molecule has 0 radical (unpaired) electrons. The summed E-state index contributed by atoms with van der Waals surface area (Å²) in [7, 11) is -1.69. The third-order valence-electron chi connectivity index (χ3n) is 9.47. The molecule has 2 saturated heterocycles. The van der Waals surface area contributed by atoms with E-state index in [-0.39, 0.29) is 49.7 Å². The third kappa shape index (κ3) is 6.85. The number of likely N-dealkylation sites (tertiary alicyclic amines) is 1. The predicted molar refractivity (Wildman–Crippen MR) is 172 cm³/mol. The van der Waals surface area contributed by atoms with Crippen LogP contribution >= 0.6 is 0 Å². The number of nitrogens with zero attached hydrogens (tertiary/aromatic N) is 7. The van der Waals surface area contributed by atoms with Gasteiger partial charge in [0.2, 0.25) is 11.4 Å². The lowest BCUT2D eigenvalue weighted by Crippen LogP contribution is -2.61.